The van der Waals surface area contributed by atoms with E-state index in [1.807, 2.05) is 34.2 Å². The number of nitrogens with zero attached hydrogens (tertiary/aromatic N) is 5. The molecule has 126 valence electrons. The van der Waals surface area contributed by atoms with Gasteiger partial charge in [-0.3, -0.25) is 9.48 Å². The highest BCUT2D eigenvalue weighted by atomic mass is 16.2. The topological polar surface area (TPSA) is 54.3 Å². The van der Waals surface area contributed by atoms with Crippen molar-refractivity contribution in [3.63, 3.8) is 0 Å². The molecule has 6 nitrogen and oxygen atoms in total. The highest BCUT2D eigenvalue weighted by Gasteiger charge is 2.31. The average Bonchev–Trinajstić information content (AvgIpc) is 3.23. The van der Waals surface area contributed by atoms with E-state index in [4.69, 9.17) is 0 Å². The second-order valence-corrected chi connectivity index (χ2v) is 6.74. The zero-order valence-corrected chi connectivity index (χ0v) is 13.9. The minimum atomic E-state index is 0.203. The molecular formula is C19H19N5O. The second-order valence-electron chi connectivity index (χ2n) is 6.74. The predicted molar refractivity (Wildman–Crippen MR) is 96.8 cm³/mol. The maximum atomic E-state index is 11.9. The van der Waals surface area contributed by atoms with Crippen LogP contribution in [-0.4, -0.2) is 40.3 Å². The van der Waals surface area contributed by atoms with Gasteiger partial charge in [0.2, 0.25) is 5.91 Å². The van der Waals surface area contributed by atoms with Gasteiger partial charge in [0.1, 0.15) is 5.82 Å². The Balaban J connectivity index is 1.33. The molecule has 4 heterocycles. The summed E-state index contributed by atoms with van der Waals surface area (Å²) in [5.74, 6) is 1.24. The second kappa shape index (κ2) is 5.58. The maximum absolute atomic E-state index is 11.9. The van der Waals surface area contributed by atoms with Gasteiger partial charge in [0.15, 0.2) is 0 Å². The smallest absolute Gasteiger partial charge is 0.227 e. The third-order valence-corrected chi connectivity index (χ3v) is 5.16. The number of aromatic nitrogens is 3. The first-order chi connectivity index (χ1) is 12.3. The van der Waals surface area contributed by atoms with Crippen LogP contribution < -0.4 is 9.80 Å². The molecule has 3 aromatic rings. The van der Waals surface area contributed by atoms with E-state index in [1.165, 1.54) is 10.8 Å². The Morgan fingerprint density at radius 2 is 2.00 bits per heavy atom. The molecule has 0 N–H and O–H groups in total. The maximum Gasteiger partial charge on any atom is 0.227 e. The zero-order chi connectivity index (χ0) is 16.8. The van der Waals surface area contributed by atoms with Gasteiger partial charge in [-0.05, 0) is 17.9 Å². The van der Waals surface area contributed by atoms with Crippen molar-refractivity contribution >= 4 is 28.2 Å². The number of pyridine rings is 1. The average molecular weight is 333 g/mol. The SMILES string of the molecule is O=C1CCCN1c1cnn(C2CN(c3nccc4ccccc34)C2)c1. The number of carbonyl (C=O) groups excluding carboxylic acids is 1. The van der Waals surface area contributed by atoms with Crippen molar-refractivity contribution in [1.29, 1.82) is 0 Å². The number of carbonyl (C=O) groups is 1. The fraction of sp³-hybridized carbons (Fsp3) is 0.316. The van der Waals surface area contributed by atoms with Crippen molar-refractivity contribution in [1.82, 2.24) is 14.8 Å². The van der Waals surface area contributed by atoms with Crippen LogP contribution in [0, 0.1) is 0 Å². The lowest BCUT2D eigenvalue weighted by Crippen LogP contribution is -2.48. The van der Waals surface area contributed by atoms with Crippen LogP contribution in [0.15, 0.2) is 48.9 Å². The molecule has 2 fully saturated rings. The van der Waals surface area contributed by atoms with Gasteiger partial charge in [0, 0.05) is 43.8 Å². The van der Waals surface area contributed by atoms with Gasteiger partial charge in [0.25, 0.3) is 0 Å². The van der Waals surface area contributed by atoms with Crippen molar-refractivity contribution in [2.24, 2.45) is 0 Å². The number of hydrogen-bond donors (Lipinski definition) is 0. The van der Waals surface area contributed by atoms with Crippen LogP contribution in [0.5, 0.6) is 0 Å². The molecule has 2 saturated heterocycles. The van der Waals surface area contributed by atoms with Gasteiger partial charge < -0.3 is 9.80 Å². The molecule has 0 unspecified atom stereocenters. The molecule has 0 aliphatic carbocycles. The van der Waals surface area contributed by atoms with Crippen molar-refractivity contribution in [2.75, 3.05) is 29.4 Å². The van der Waals surface area contributed by atoms with Crippen LogP contribution in [-0.2, 0) is 4.79 Å². The summed E-state index contributed by atoms with van der Waals surface area (Å²) in [4.78, 5) is 20.6. The van der Waals surface area contributed by atoms with Gasteiger partial charge >= 0.3 is 0 Å². The lowest BCUT2D eigenvalue weighted by molar-refractivity contribution is -0.117. The molecule has 1 amide bonds. The molecule has 1 aromatic carbocycles. The first kappa shape index (κ1) is 14.5. The van der Waals surface area contributed by atoms with E-state index in [0.717, 1.165) is 37.6 Å². The van der Waals surface area contributed by atoms with Gasteiger partial charge in [-0.1, -0.05) is 24.3 Å². The van der Waals surface area contributed by atoms with Crippen molar-refractivity contribution in [3.8, 4) is 0 Å². The standard InChI is InChI=1S/C19H19N5O/c25-18-6-3-9-23(18)15-10-21-24(13-15)16-11-22(12-16)19-17-5-2-1-4-14(17)7-8-20-19/h1-2,4-5,7-8,10,13,16H,3,6,9,11-12H2. The molecule has 2 aliphatic rings. The number of rotatable bonds is 3. The van der Waals surface area contributed by atoms with Crippen molar-refractivity contribution in [3.05, 3.63) is 48.9 Å². The Morgan fingerprint density at radius 3 is 2.84 bits per heavy atom. The summed E-state index contributed by atoms with van der Waals surface area (Å²) in [6.07, 6.45) is 7.27. The van der Waals surface area contributed by atoms with E-state index >= 15 is 0 Å². The lowest BCUT2D eigenvalue weighted by Gasteiger charge is -2.40. The zero-order valence-electron chi connectivity index (χ0n) is 13.9. The van der Waals surface area contributed by atoms with Crippen LogP contribution in [0.4, 0.5) is 11.5 Å². The fourth-order valence-electron chi connectivity index (χ4n) is 3.74. The number of amides is 1. The normalized spacial score (nSPS) is 18.2. The van der Waals surface area contributed by atoms with E-state index in [-0.39, 0.29) is 5.91 Å². The molecule has 2 aliphatic heterocycles. The van der Waals surface area contributed by atoms with Crippen LogP contribution in [0.1, 0.15) is 18.9 Å². The number of anilines is 2. The molecule has 25 heavy (non-hydrogen) atoms. The Bertz CT molecular complexity index is 938. The Labute approximate surface area is 145 Å². The lowest BCUT2D eigenvalue weighted by atomic mass is 10.1. The Hall–Kier alpha value is -2.89. The molecule has 5 rings (SSSR count). The molecular weight excluding hydrogens is 314 g/mol. The van der Waals surface area contributed by atoms with Gasteiger partial charge in [-0.25, -0.2) is 4.98 Å². The van der Waals surface area contributed by atoms with E-state index < -0.39 is 0 Å². The monoisotopic (exact) mass is 333 g/mol. The summed E-state index contributed by atoms with van der Waals surface area (Å²) in [7, 11) is 0. The summed E-state index contributed by atoms with van der Waals surface area (Å²) in [5.41, 5.74) is 0.921. The van der Waals surface area contributed by atoms with Crippen LogP contribution in [0.25, 0.3) is 10.8 Å². The van der Waals surface area contributed by atoms with Crippen LogP contribution in [0.3, 0.4) is 0 Å². The van der Waals surface area contributed by atoms with E-state index in [9.17, 15) is 4.79 Å². The van der Waals surface area contributed by atoms with Crippen molar-refractivity contribution in [2.45, 2.75) is 18.9 Å². The summed E-state index contributed by atoms with van der Waals surface area (Å²) in [6, 6.07) is 10.7. The third-order valence-electron chi connectivity index (χ3n) is 5.16. The molecule has 0 bridgehead atoms. The Morgan fingerprint density at radius 1 is 1.12 bits per heavy atom. The van der Waals surface area contributed by atoms with Gasteiger partial charge in [-0.2, -0.15) is 5.10 Å². The molecule has 2 aromatic heterocycles. The first-order valence-electron chi connectivity index (χ1n) is 8.73. The van der Waals surface area contributed by atoms with Crippen LogP contribution in [0.2, 0.25) is 0 Å². The molecule has 0 radical (unpaired) electrons. The van der Waals surface area contributed by atoms with Gasteiger partial charge in [0.05, 0.1) is 17.9 Å². The fourth-order valence-corrected chi connectivity index (χ4v) is 3.74. The van der Waals surface area contributed by atoms with Crippen molar-refractivity contribution < 1.29 is 4.79 Å². The summed E-state index contributed by atoms with van der Waals surface area (Å²) in [5, 5.41) is 6.88. The molecule has 0 atom stereocenters. The Kier molecular flexibility index (Phi) is 3.23. The summed E-state index contributed by atoms with van der Waals surface area (Å²) < 4.78 is 1.99. The van der Waals surface area contributed by atoms with Gasteiger partial charge in [-0.15, -0.1) is 0 Å². The number of benzene rings is 1. The highest BCUT2D eigenvalue weighted by Crippen LogP contribution is 2.32. The van der Waals surface area contributed by atoms with E-state index in [0.29, 0.717) is 12.5 Å². The minimum Gasteiger partial charge on any atom is -0.352 e. The number of hydrogen-bond acceptors (Lipinski definition) is 4. The summed E-state index contributed by atoms with van der Waals surface area (Å²) >= 11 is 0. The summed E-state index contributed by atoms with van der Waals surface area (Å²) in [6.45, 7) is 2.58. The van der Waals surface area contributed by atoms with Crippen LogP contribution >= 0.6 is 0 Å². The molecule has 0 spiro atoms. The molecule has 0 saturated carbocycles. The highest BCUT2D eigenvalue weighted by molar-refractivity contribution is 5.95. The minimum absolute atomic E-state index is 0.203. The first-order valence-corrected chi connectivity index (χ1v) is 8.73. The number of fused-ring (bicyclic) bond motifs is 1. The largest absolute Gasteiger partial charge is 0.352 e. The third kappa shape index (κ3) is 2.36. The molecule has 6 heteroatoms. The van der Waals surface area contributed by atoms with E-state index in [1.54, 1.807) is 0 Å². The van der Waals surface area contributed by atoms with E-state index in [2.05, 4.69) is 39.2 Å². The predicted octanol–water partition coefficient (Wildman–Crippen LogP) is 2.62. The quantitative estimate of drug-likeness (QED) is 0.739.